The quantitative estimate of drug-likeness (QED) is 0.448. The van der Waals surface area contributed by atoms with Crippen molar-refractivity contribution >= 4 is 55.8 Å². The molecule has 0 spiro atoms. The Kier molecular flexibility index (Phi) is 7.58. The summed E-state index contributed by atoms with van der Waals surface area (Å²) in [7, 11) is 0. The second-order valence-corrected chi connectivity index (χ2v) is 9.00. The summed E-state index contributed by atoms with van der Waals surface area (Å²) in [6.07, 6.45) is 0.720. The summed E-state index contributed by atoms with van der Waals surface area (Å²) in [5.41, 5.74) is 1.29. The third-order valence-electron chi connectivity index (χ3n) is 4.63. The van der Waals surface area contributed by atoms with E-state index in [0.717, 1.165) is 12.0 Å². The fraction of sp³-hybridized carbons (Fsp3) is 0.238. The third-order valence-corrected chi connectivity index (χ3v) is 6.44. The van der Waals surface area contributed by atoms with E-state index >= 15 is 0 Å². The molecule has 156 valence electrons. The predicted molar refractivity (Wildman–Crippen MR) is 124 cm³/mol. The second kappa shape index (κ2) is 10.1. The first kappa shape index (κ1) is 22.4. The Morgan fingerprint density at radius 2 is 1.93 bits per heavy atom. The van der Waals surface area contributed by atoms with Gasteiger partial charge in [-0.15, -0.1) is 10.2 Å². The molecule has 2 amide bonds. The van der Waals surface area contributed by atoms with E-state index in [4.69, 9.17) is 11.6 Å². The minimum absolute atomic E-state index is 0.0724. The van der Waals surface area contributed by atoms with E-state index in [1.807, 2.05) is 32.0 Å². The Balaban J connectivity index is 1.75. The number of amides is 2. The van der Waals surface area contributed by atoms with Crippen molar-refractivity contribution in [3.63, 3.8) is 0 Å². The van der Waals surface area contributed by atoms with Gasteiger partial charge < -0.3 is 5.32 Å². The van der Waals surface area contributed by atoms with Crippen LogP contribution in [0.1, 0.15) is 30.6 Å². The highest BCUT2D eigenvalue weighted by Crippen LogP contribution is 2.28. The predicted octanol–water partition coefficient (Wildman–Crippen LogP) is 5.40. The summed E-state index contributed by atoms with van der Waals surface area (Å²) in [5, 5.41) is 15.4. The molecular weight excluding hydrogens is 488 g/mol. The number of anilines is 1. The molecule has 3 aromatic rings. The van der Waals surface area contributed by atoms with Crippen LogP contribution in [0.2, 0.25) is 5.02 Å². The van der Waals surface area contributed by atoms with Gasteiger partial charge in [0.25, 0.3) is 5.91 Å². The van der Waals surface area contributed by atoms with E-state index in [9.17, 15) is 9.59 Å². The fourth-order valence-electron chi connectivity index (χ4n) is 2.76. The zero-order chi connectivity index (χ0) is 21.7. The van der Waals surface area contributed by atoms with Crippen LogP contribution >= 0.6 is 38.9 Å². The number of hydrogen-bond donors (Lipinski definition) is 2. The van der Waals surface area contributed by atoms with Crippen LogP contribution in [-0.4, -0.2) is 28.1 Å². The van der Waals surface area contributed by atoms with Crippen LogP contribution in [0.3, 0.4) is 0 Å². The van der Waals surface area contributed by atoms with E-state index in [1.54, 1.807) is 30.3 Å². The molecule has 0 fully saturated rings. The van der Waals surface area contributed by atoms with Crippen molar-refractivity contribution in [2.24, 2.45) is 5.92 Å². The zero-order valence-electron chi connectivity index (χ0n) is 16.4. The lowest BCUT2D eigenvalue weighted by atomic mass is 9.98. The van der Waals surface area contributed by atoms with Crippen molar-refractivity contribution in [1.29, 1.82) is 0 Å². The molecule has 0 saturated carbocycles. The molecule has 2 N–H and O–H groups in total. The fourth-order valence-corrected chi connectivity index (χ4v) is 4.16. The van der Waals surface area contributed by atoms with E-state index in [1.165, 1.54) is 11.3 Å². The van der Waals surface area contributed by atoms with Crippen molar-refractivity contribution in [1.82, 2.24) is 15.5 Å². The molecule has 1 aromatic heterocycles. The Morgan fingerprint density at radius 1 is 1.17 bits per heavy atom. The van der Waals surface area contributed by atoms with Crippen molar-refractivity contribution in [2.45, 2.75) is 26.3 Å². The standard InChI is InChI=1S/C21H20BrClN4O2S/c1-3-12(2)17(24-18(28)15-9-4-5-10-16(15)22)19(29)25-21-27-26-20(30-21)13-7-6-8-14(23)11-13/h4-12,17H,3H2,1-2H3,(H,24,28)(H,25,27,29). The number of hydrogen-bond acceptors (Lipinski definition) is 5. The Bertz CT molecular complexity index is 1060. The lowest BCUT2D eigenvalue weighted by Gasteiger charge is -2.23. The summed E-state index contributed by atoms with van der Waals surface area (Å²) in [6, 6.07) is 13.6. The summed E-state index contributed by atoms with van der Waals surface area (Å²) in [5.74, 6) is -0.727. The molecule has 9 heteroatoms. The molecule has 3 rings (SSSR count). The van der Waals surface area contributed by atoms with Gasteiger partial charge in [-0.25, -0.2) is 0 Å². The van der Waals surface area contributed by atoms with E-state index in [0.29, 0.717) is 25.2 Å². The first-order valence-corrected chi connectivity index (χ1v) is 11.3. The van der Waals surface area contributed by atoms with Crippen LogP contribution in [0.15, 0.2) is 53.0 Å². The van der Waals surface area contributed by atoms with Gasteiger partial charge in [0.05, 0.1) is 5.56 Å². The maximum Gasteiger partial charge on any atom is 0.253 e. The van der Waals surface area contributed by atoms with Gasteiger partial charge in [-0.2, -0.15) is 0 Å². The molecule has 0 bridgehead atoms. The zero-order valence-corrected chi connectivity index (χ0v) is 19.5. The lowest BCUT2D eigenvalue weighted by Crippen LogP contribution is -2.47. The molecule has 0 saturated heterocycles. The molecule has 0 aliphatic heterocycles. The number of benzene rings is 2. The number of rotatable bonds is 7. The van der Waals surface area contributed by atoms with E-state index in [2.05, 4.69) is 36.8 Å². The number of carbonyl (C=O) groups is 2. The Labute approximate surface area is 192 Å². The molecule has 0 aliphatic rings. The summed E-state index contributed by atoms with van der Waals surface area (Å²) in [4.78, 5) is 25.7. The Hall–Kier alpha value is -2.29. The maximum absolute atomic E-state index is 12.9. The van der Waals surface area contributed by atoms with Crippen LogP contribution in [0.25, 0.3) is 10.6 Å². The molecule has 1 heterocycles. The van der Waals surface area contributed by atoms with Gasteiger partial charge >= 0.3 is 0 Å². The SMILES string of the molecule is CCC(C)C(NC(=O)c1ccccc1Br)C(=O)Nc1nnc(-c2cccc(Cl)c2)s1. The first-order chi connectivity index (χ1) is 14.4. The van der Waals surface area contributed by atoms with Gasteiger partial charge in [0.2, 0.25) is 11.0 Å². The minimum atomic E-state index is -0.715. The van der Waals surface area contributed by atoms with Gasteiger partial charge in [0.15, 0.2) is 0 Å². The molecule has 0 radical (unpaired) electrons. The first-order valence-electron chi connectivity index (χ1n) is 9.34. The van der Waals surface area contributed by atoms with Gasteiger partial charge in [-0.05, 0) is 46.1 Å². The second-order valence-electron chi connectivity index (χ2n) is 6.73. The highest BCUT2D eigenvalue weighted by atomic mass is 79.9. The van der Waals surface area contributed by atoms with Crippen LogP contribution < -0.4 is 10.6 Å². The number of nitrogens with zero attached hydrogens (tertiary/aromatic N) is 2. The normalized spacial score (nSPS) is 12.8. The summed E-state index contributed by atoms with van der Waals surface area (Å²) >= 11 is 10.7. The summed E-state index contributed by atoms with van der Waals surface area (Å²) in [6.45, 7) is 3.89. The topological polar surface area (TPSA) is 84.0 Å². The van der Waals surface area contributed by atoms with Crippen molar-refractivity contribution in [3.05, 3.63) is 63.6 Å². The molecule has 2 atom stereocenters. The minimum Gasteiger partial charge on any atom is -0.340 e. The molecule has 6 nitrogen and oxygen atoms in total. The number of halogens is 2. The largest absolute Gasteiger partial charge is 0.340 e. The summed E-state index contributed by atoms with van der Waals surface area (Å²) < 4.78 is 0.668. The van der Waals surface area contributed by atoms with Crippen molar-refractivity contribution < 1.29 is 9.59 Å². The van der Waals surface area contributed by atoms with Crippen LogP contribution in [0.5, 0.6) is 0 Å². The van der Waals surface area contributed by atoms with E-state index < -0.39 is 6.04 Å². The number of carbonyl (C=O) groups excluding carboxylic acids is 2. The van der Waals surface area contributed by atoms with E-state index in [-0.39, 0.29) is 17.7 Å². The van der Waals surface area contributed by atoms with Crippen molar-refractivity contribution in [3.8, 4) is 10.6 Å². The average molecular weight is 508 g/mol. The van der Waals surface area contributed by atoms with Crippen LogP contribution in [0.4, 0.5) is 5.13 Å². The molecular formula is C21H20BrClN4O2S. The number of nitrogens with one attached hydrogen (secondary N) is 2. The molecule has 2 unspecified atom stereocenters. The van der Waals surface area contributed by atoms with Crippen LogP contribution in [-0.2, 0) is 4.79 Å². The molecule has 2 aromatic carbocycles. The molecule has 30 heavy (non-hydrogen) atoms. The van der Waals surface area contributed by atoms with Gasteiger partial charge in [0, 0.05) is 15.1 Å². The van der Waals surface area contributed by atoms with Gasteiger partial charge in [-0.1, -0.05) is 67.5 Å². The monoisotopic (exact) mass is 506 g/mol. The van der Waals surface area contributed by atoms with Crippen molar-refractivity contribution in [2.75, 3.05) is 5.32 Å². The third kappa shape index (κ3) is 5.44. The maximum atomic E-state index is 12.9. The highest BCUT2D eigenvalue weighted by molar-refractivity contribution is 9.10. The van der Waals surface area contributed by atoms with Gasteiger partial charge in [0.1, 0.15) is 11.0 Å². The van der Waals surface area contributed by atoms with Gasteiger partial charge in [-0.3, -0.25) is 14.9 Å². The number of aromatic nitrogens is 2. The van der Waals surface area contributed by atoms with Crippen LogP contribution in [0, 0.1) is 5.92 Å². The molecule has 0 aliphatic carbocycles. The highest BCUT2D eigenvalue weighted by Gasteiger charge is 2.27. The average Bonchev–Trinajstić information content (AvgIpc) is 3.20. The Morgan fingerprint density at radius 3 is 2.63 bits per heavy atom. The lowest BCUT2D eigenvalue weighted by molar-refractivity contribution is -0.119. The smallest absolute Gasteiger partial charge is 0.253 e.